The molecule has 0 spiro atoms. The standard InChI is InChI=1S/C9H15BrN2/c1-7-5-8(11-12(7)4)9(2,3)6-10/h5H,6H2,1-4H3. The zero-order valence-corrected chi connectivity index (χ0v) is 9.64. The number of nitrogens with zero attached hydrogens (tertiary/aromatic N) is 2. The van der Waals surface area contributed by atoms with Crippen LogP contribution in [0, 0.1) is 6.92 Å². The maximum atomic E-state index is 4.44. The van der Waals surface area contributed by atoms with Gasteiger partial charge in [0.2, 0.25) is 0 Å². The number of alkyl halides is 1. The first-order valence-corrected chi connectivity index (χ1v) is 5.16. The van der Waals surface area contributed by atoms with E-state index in [1.807, 2.05) is 11.7 Å². The van der Waals surface area contributed by atoms with Crippen molar-refractivity contribution in [2.75, 3.05) is 5.33 Å². The second-order valence-electron chi connectivity index (χ2n) is 3.81. The van der Waals surface area contributed by atoms with Crippen LogP contribution in [0.3, 0.4) is 0 Å². The molecule has 0 fully saturated rings. The van der Waals surface area contributed by atoms with E-state index in [4.69, 9.17) is 0 Å². The molecule has 68 valence electrons. The second-order valence-corrected chi connectivity index (χ2v) is 4.37. The van der Waals surface area contributed by atoms with Crippen LogP contribution in [0.25, 0.3) is 0 Å². The van der Waals surface area contributed by atoms with E-state index < -0.39 is 0 Å². The Balaban J connectivity index is 3.04. The van der Waals surface area contributed by atoms with E-state index >= 15 is 0 Å². The van der Waals surface area contributed by atoms with Crippen molar-refractivity contribution in [2.24, 2.45) is 7.05 Å². The monoisotopic (exact) mass is 230 g/mol. The van der Waals surface area contributed by atoms with Crippen LogP contribution in [0.1, 0.15) is 25.2 Å². The van der Waals surface area contributed by atoms with Crippen molar-refractivity contribution in [1.29, 1.82) is 0 Å². The minimum absolute atomic E-state index is 0.131. The lowest BCUT2D eigenvalue weighted by Gasteiger charge is -2.17. The van der Waals surface area contributed by atoms with Crippen LogP contribution < -0.4 is 0 Å². The number of aryl methyl sites for hydroxylation is 2. The number of rotatable bonds is 2. The van der Waals surface area contributed by atoms with Crippen LogP contribution in [-0.2, 0) is 12.5 Å². The average Bonchev–Trinajstić information content (AvgIpc) is 2.33. The molecule has 0 saturated carbocycles. The van der Waals surface area contributed by atoms with Crippen molar-refractivity contribution in [3.05, 3.63) is 17.5 Å². The molecule has 1 aromatic rings. The zero-order chi connectivity index (χ0) is 9.35. The summed E-state index contributed by atoms with van der Waals surface area (Å²) in [6.45, 7) is 6.44. The summed E-state index contributed by atoms with van der Waals surface area (Å²) >= 11 is 3.49. The molecule has 0 atom stereocenters. The number of hydrogen-bond donors (Lipinski definition) is 0. The smallest absolute Gasteiger partial charge is 0.0691 e. The maximum Gasteiger partial charge on any atom is 0.0691 e. The molecule has 0 N–H and O–H groups in total. The average molecular weight is 231 g/mol. The van der Waals surface area contributed by atoms with Gasteiger partial charge in [0, 0.05) is 23.5 Å². The molecule has 1 rings (SSSR count). The Morgan fingerprint density at radius 2 is 2.17 bits per heavy atom. The summed E-state index contributed by atoms with van der Waals surface area (Å²) in [5.74, 6) is 0. The van der Waals surface area contributed by atoms with Gasteiger partial charge in [-0.05, 0) is 13.0 Å². The van der Waals surface area contributed by atoms with Crippen LogP contribution in [0.5, 0.6) is 0 Å². The second kappa shape index (κ2) is 3.21. The largest absolute Gasteiger partial charge is 0.273 e. The predicted molar refractivity (Wildman–Crippen MR) is 54.8 cm³/mol. The van der Waals surface area contributed by atoms with Crippen molar-refractivity contribution in [3.8, 4) is 0 Å². The molecule has 1 heterocycles. The summed E-state index contributed by atoms with van der Waals surface area (Å²) in [6.07, 6.45) is 0. The van der Waals surface area contributed by atoms with E-state index in [2.05, 4.69) is 47.9 Å². The predicted octanol–water partition coefficient (Wildman–Crippen LogP) is 2.40. The molecule has 0 bridgehead atoms. The fraction of sp³-hybridized carbons (Fsp3) is 0.667. The molecule has 0 saturated heterocycles. The first-order valence-electron chi connectivity index (χ1n) is 4.04. The molecule has 0 radical (unpaired) electrons. The van der Waals surface area contributed by atoms with Gasteiger partial charge >= 0.3 is 0 Å². The quantitative estimate of drug-likeness (QED) is 0.714. The summed E-state index contributed by atoms with van der Waals surface area (Å²) in [5, 5.41) is 5.38. The highest BCUT2D eigenvalue weighted by Crippen LogP contribution is 2.24. The van der Waals surface area contributed by atoms with Gasteiger partial charge in [0.25, 0.3) is 0 Å². The number of aromatic nitrogens is 2. The van der Waals surface area contributed by atoms with E-state index in [0.717, 1.165) is 11.0 Å². The molecule has 1 aromatic heterocycles. The summed E-state index contributed by atoms with van der Waals surface area (Å²) in [6, 6.07) is 2.14. The van der Waals surface area contributed by atoms with E-state index in [0.29, 0.717) is 0 Å². The Kier molecular flexibility index (Phi) is 2.61. The SMILES string of the molecule is Cc1cc(C(C)(C)CBr)nn1C. The fourth-order valence-corrected chi connectivity index (χ4v) is 1.25. The summed E-state index contributed by atoms with van der Waals surface area (Å²) in [7, 11) is 1.98. The number of halogens is 1. The van der Waals surface area contributed by atoms with Gasteiger partial charge in [-0.25, -0.2) is 0 Å². The van der Waals surface area contributed by atoms with Crippen LogP contribution >= 0.6 is 15.9 Å². The Bertz CT molecular complexity index is 257. The van der Waals surface area contributed by atoms with Crippen molar-refractivity contribution in [2.45, 2.75) is 26.2 Å². The van der Waals surface area contributed by atoms with Crippen molar-refractivity contribution in [1.82, 2.24) is 9.78 Å². The minimum atomic E-state index is 0.131. The third-order valence-corrected chi connectivity index (χ3v) is 3.54. The summed E-state index contributed by atoms with van der Waals surface area (Å²) < 4.78 is 1.92. The molecular formula is C9H15BrN2. The van der Waals surface area contributed by atoms with Gasteiger partial charge in [0.05, 0.1) is 5.69 Å². The lowest BCUT2D eigenvalue weighted by molar-refractivity contribution is 0.565. The van der Waals surface area contributed by atoms with Crippen molar-refractivity contribution < 1.29 is 0 Å². The van der Waals surface area contributed by atoms with Crippen LogP contribution in [-0.4, -0.2) is 15.1 Å². The van der Waals surface area contributed by atoms with E-state index in [1.165, 1.54) is 5.69 Å². The molecule has 0 unspecified atom stereocenters. The van der Waals surface area contributed by atoms with Crippen molar-refractivity contribution >= 4 is 15.9 Å². The van der Waals surface area contributed by atoms with Gasteiger partial charge in [-0.3, -0.25) is 4.68 Å². The Labute approximate surface area is 82.1 Å². The molecule has 0 aliphatic rings. The Hall–Kier alpha value is -0.310. The Morgan fingerprint density at radius 1 is 1.58 bits per heavy atom. The van der Waals surface area contributed by atoms with E-state index in [-0.39, 0.29) is 5.41 Å². The lowest BCUT2D eigenvalue weighted by atomic mass is 9.92. The van der Waals surface area contributed by atoms with Gasteiger partial charge in [-0.1, -0.05) is 29.8 Å². The first kappa shape index (κ1) is 9.78. The van der Waals surface area contributed by atoms with Gasteiger partial charge in [0.15, 0.2) is 0 Å². The molecule has 0 aliphatic carbocycles. The van der Waals surface area contributed by atoms with E-state index in [1.54, 1.807) is 0 Å². The molecule has 0 aliphatic heterocycles. The highest BCUT2D eigenvalue weighted by atomic mass is 79.9. The van der Waals surface area contributed by atoms with Crippen LogP contribution in [0.4, 0.5) is 0 Å². The van der Waals surface area contributed by atoms with Crippen molar-refractivity contribution in [3.63, 3.8) is 0 Å². The normalized spacial score (nSPS) is 12.1. The number of hydrogen-bond acceptors (Lipinski definition) is 1. The highest BCUT2D eigenvalue weighted by Gasteiger charge is 2.22. The molecular weight excluding hydrogens is 216 g/mol. The van der Waals surface area contributed by atoms with Gasteiger partial charge in [0.1, 0.15) is 0 Å². The molecule has 3 heteroatoms. The molecule has 0 aromatic carbocycles. The highest BCUT2D eigenvalue weighted by molar-refractivity contribution is 9.09. The Morgan fingerprint density at radius 3 is 2.50 bits per heavy atom. The van der Waals surface area contributed by atoms with Gasteiger partial charge in [-0.2, -0.15) is 5.10 Å². The zero-order valence-electron chi connectivity index (χ0n) is 8.06. The van der Waals surface area contributed by atoms with Crippen LogP contribution in [0.2, 0.25) is 0 Å². The van der Waals surface area contributed by atoms with E-state index in [9.17, 15) is 0 Å². The summed E-state index contributed by atoms with van der Waals surface area (Å²) in [5.41, 5.74) is 2.49. The molecule has 12 heavy (non-hydrogen) atoms. The third-order valence-electron chi connectivity index (χ3n) is 2.14. The summed E-state index contributed by atoms with van der Waals surface area (Å²) in [4.78, 5) is 0. The maximum absolute atomic E-state index is 4.44. The lowest BCUT2D eigenvalue weighted by Crippen LogP contribution is -2.19. The minimum Gasteiger partial charge on any atom is -0.273 e. The fourth-order valence-electron chi connectivity index (χ4n) is 0.960. The van der Waals surface area contributed by atoms with Crippen LogP contribution in [0.15, 0.2) is 6.07 Å². The molecule has 0 amide bonds. The first-order chi connectivity index (χ1) is 5.47. The third kappa shape index (κ3) is 1.71. The molecule has 2 nitrogen and oxygen atoms in total. The van der Waals surface area contributed by atoms with Gasteiger partial charge in [-0.15, -0.1) is 0 Å². The van der Waals surface area contributed by atoms with Gasteiger partial charge < -0.3 is 0 Å². The topological polar surface area (TPSA) is 17.8 Å².